The summed E-state index contributed by atoms with van der Waals surface area (Å²) >= 11 is 1.37. The molecule has 1 aliphatic heterocycles. The molecule has 4 heterocycles. The van der Waals surface area contributed by atoms with Gasteiger partial charge in [-0.1, -0.05) is 18.2 Å². The van der Waals surface area contributed by atoms with E-state index in [1.54, 1.807) is 35.0 Å². The van der Waals surface area contributed by atoms with E-state index in [0.29, 0.717) is 47.8 Å². The van der Waals surface area contributed by atoms with Crippen molar-refractivity contribution < 1.29 is 22.7 Å². The first-order valence-electron chi connectivity index (χ1n) is 11.8. The zero-order chi connectivity index (χ0) is 25.8. The maximum absolute atomic E-state index is 12.9. The normalized spacial score (nSPS) is 15.5. The Labute approximate surface area is 217 Å². The van der Waals surface area contributed by atoms with Crippen LogP contribution in [-0.2, 0) is 14.6 Å². The van der Waals surface area contributed by atoms with E-state index in [-0.39, 0.29) is 23.9 Å². The summed E-state index contributed by atoms with van der Waals surface area (Å²) in [5, 5.41) is 8.99. The molecule has 4 aromatic rings. The number of aromatic nitrogens is 3. The number of hydrogen-bond acceptors (Lipinski definition) is 9. The van der Waals surface area contributed by atoms with Gasteiger partial charge in [0.15, 0.2) is 15.5 Å². The largest absolute Gasteiger partial charge is 0.449 e. The molecule has 0 saturated carbocycles. The number of hydrogen-bond donors (Lipinski definition) is 1. The Hall–Kier alpha value is -3.61. The summed E-state index contributed by atoms with van der Waals surface area (Å²) in [6, 6.07) is 12.6. The predicted molar refractivity (Wildman–Crippen MR) is 141 cm³/mol. The lowest BCUT2D eigenvalue weighted by Gasteiger charge is -2.26. The van der Waals surface area contributed by atoms with E-state index in [1.165, 1.54) is 17.5 Å². The van der Waals surface area contributed by atoms with E-state index in [4.69, 9.17) is 4.74 Å². The van der Waals surface area contributed by atoms with Crippen molar-refractivity contribution in [3.63, 3.8) is 0 Å². The van der Waals surface area contributed by atoms with E-state index in [0.717, 1.165) is 11.3 Å². The summed E-state index contributed by atoms with van der Waals surface area (Å²) in [5.74, 6) is 0.233. The fourth-order valence-electron chi connectivity index (χ4n) is 4.15. The maximum atomic E-state index is 12.9. The van der Waals surface area contributed by atoms with Gasteiger partial charge in [-0.25, -0.2) is 22.7 Å². The van der Waals surface area contributed by atoms with Crippen LogP contribution >= 0.6 is 11.3 Å². The number of nitrogens with zero attached hydrogens (tertiary/aromatic N) is 4. The monoisotopic (exact) mass is 539 g/mol. The second-order valence-corrected chi connectivity index (χ2v) is 11.9. The van der Waals surface area contributed by atoms with Crippen LogP contribution in [-0.4, -0.2) is 77.5 Å². The van der Waals surface area contributed by atoms with Crippen molar-refractivity contribution in [2.24, 2.45) is 0 Å². The van der Waals surface area contributed by atoms with Gasteiger partial charge in [0.2, 0.25) is 5.78 Å². The van der Waals surface area contributed by atoms with Crippen molar-refractivity contribution in [2.75, 3.05) is 43.1 Å². The zero-order valence-electron chi connectivity index (χ0n) is 19.9. The highest BCUT2D eigenvalue weighted by Crippen LogP contribution is 2.25. The lowest BCUT2D eigenvalue weighted by molar-refractivity contribution is 0.104. The topological polar surface area (TPSA) is 123 Å². The maximum Gasteiger partial charge on any atom is 0.411 e. The number of amides is 1. The SMILES string of the molecule is O=C(Nc1cccc(-c2ccnc3c(C(=O)c4cccs4)cnn23)c1)OCCCN1CCS(=O)(=O)CC1. The van der Waals surface area contributed by atoms with Crippen LogP contribution in [0.1, 0.15) is 21.7 Å². The molecule has 10 nitrogen and oxygen atoms in total. The van der Waals surface area contributed by atoms with Gasteiger partial charge in [0, 0.05) is 37.1 Å². The minimum absolute atomic E-state index is 0.127. The molecule has 5 rings (SSSR count). The van der Waals surface area contributed by atoms with Crippen molar-refractivity contribution in [1.82, 2.24) is 19.5 Å². The van der Waals surface area contributed by atoms with Crippen LogP contribution < -0.4 is 5.32 Å². The molecule has 3 aromatic heterocycles. The first kappa shape index (κ1) is 25.1. The number of thiophene rings is 1. The summed E-state index contributed by atoms with van der Waals surface area (Å²) in [7, 11) is -2.90. The molecule has 0 bridgehead atoms. The number of nitrogens with one attached hydrogen (secondary N) is 1. The highest BCUT2D eigenvalue weighted by atomic mass is 32.2. The second-order valence-electron chi connectivity index (χ2n) is 8.62. The fraction of sp³-hybridized carbons (Fsp3) is 0.280. The molecule has 1 aromatic carbocycles. The Balaban J connectivity index is 1.21. The smallest absolute Gasteiger partial charge is 0.411 e. The zero-order valence-corrected chi connectivity index (χ0v) is 21.5. The van der Waals surface area contributed by atoms with Gasteiger partial charge in [-0.3, -0.25) is 10.1 Å². The summed E-state index contributed by atoms with van der Waals surface area (Å²) in [5.41, 5.74) is 2.93. The van der Waals surface area contributed by atoms with Crippen LogP contribution in [0.2, 0.25) is 0 Å². The van der Waals surface area contributed by atoms with Crippen LogP contribution in [0.4, 0.5) is 10.5 Å². The first-order valence-corrected chi connectivity index (χ1v) is 14.5. The van der Waals surface area contributed by atoms with Gasteiger partial charge >= 0.3 is 6.09 Å². The first-order chi connectivity index (χ1) is 17.9. The molecule has 0 unspecified atom stereocenters. The van der Waals surface area contributed by atoms with Gasteiger partial charge in [-0.05, 0) is 36.1 Å². The Bertz CT molecular complexity index is 1520. The minimum atomic E-state index is -2.90. The fourth-order valence-corrected chi connectivity index (χ4v) is 6.10. The molecule has 0 spiro atoms. The van der Waals surface area contributed by atoms with Gasteiger partial charge in [0.1, 0.15) is 0 Å². The average Bonchev–Trinajstić information content (AvgIpc) is 3.58. The number of benzene rings is 1. The van der Waals surface area contributed by atoms with E-state index in [2.05, 4.69) is 20.3 Å². The molecule has 192 valence electrons. The summed E-state index contributed by atoms with van der Waals surface area (Å²) in [6.07, 6.45) is 3.20. The molecule has 1 fully saturated rings. The van der Waals surface area contributed by atoms with E-state index < -0.39 is 15.9 Å². The molecule has 0 atom stereocenters. The van der Waals surface area contributed by atoms with Crippen LogP contribution in [0.5, 0.6) is 0 Å². The van der Waals surface area contributed by atoms with Gasteiger partial charge in [0.05, 0.1) is 40.4 Å². The van der Waals surface area contributed by atoms with E-state index in [9.17, 15) is 18.0 Å². The number of ether oxygens (including phenoxy) is 1. The van der Waals surface area contributed by atoms with E-state index in [1.807, 2.05) is 23.6 Å². The molecule has 1 amide bonds. The number of ketones is 1. The number of fused-ring (bicyclic) bond motifs is 1. The summed E-state index contributed by atoms with van der Waals surface area (Å²) in [6.45, 7) is 1.94. The van der Waals surface area contributed by atoms with E-state index >= 15 is 0 Å². The van der Waals surface area contributed by atoms with Crippen molar-refractivity contribution in [3.05, 3.63) is 70.7 Å². The molecular weight excluding hydrogens is 514 g/mol. The van der Waals surface area contributed by atoms with Crippen molar-refractivity contribution >= 4 is 44.4 Å². The van der Waals surface area contributed by atoms with Crippen LogP contribution in [0.3, 0.4) is 0 Å². The summed E-state index contributed by atoms with van der Waals surface area (Å²) in [4.78, 5) is 32.2. The summed E-state index contributed by atoms with van der Waals surface area (Å²) < 4.78 is 29.9. The van der Waals surface area contributed by atoms with Gasteiger partial charge in [-0.15, -0.1) is 11.3 Å². The molecular formula is C25H25N5O5S2. The Morgan fingerprint density at radius 3 is 2.73 bits per heavy atom. The molecule has 37 heavy (non-hydrogen) atoms. The Kier molecular flexibility index (Phi) is 7.31. The van der Waals surface area contributed by atoms with Crippen LogP contribution in [0.25, 0.3) is 16.9 Å². The number of carbonyl (C=O) groups excluding carboxylic acids is 2. The van der Waals surface area contributed by atoms with Crippen LogP contribution in [0, 0.1) is 0 Å². The van der Waals surface area contributed by atoms with Crippen molar-refractivity contribution in [1.29, 1.82) is 0 Å². The third-order valence-corrected chi connectivity index (χ3v) is 8.56. The molecule has 1 N–H and O–H groups in total. The highest BCUT2D eigenvalue weighted by molar-refractivity contribution is 7.91. The van der Waals surface area contributed by atoms with Crippen molar-refractivity contribution in [2.45, 2.75) is 6.42 Å². The lowest BCUT2D eigenvalue weighted by Crippen LogP contribution is -2.40. The third-order valence-electron chi connectivity index (χ3n) is 6.08. The van der Waals surface area contributed by atoms with Gasteiger partial charge in [-0.2, -0.15) is 5.10 Å². The molecule has 1 aliphatic rings. The average molecular weight is 540 g/mol. The Morgan fingerprint density at radius 1 is 1.11 bits per heavy atom. The minimum Gasteiger partial charge on any atom is -0.449 e. The Morgan fingerprint density at radius 2 is 1.95 bits per heavy atom. The lowest BCUT2D eigenvalue weighted by atomic mass is 10.1. The van der Waals surface area contributed by atoms with Gasteiger partial charge < -0.3 is 9.64 Å². The third kappa shape index (κ3) is 5.87. The highest BCUT2D eigenvalue weighted by Gasteiger charge is 2.21. The molecule has 12 heteroatoms. The standard InChI is InChI=1S/C25H25N5O5S2/c31-23(22-6-2-13-36-22)20-17-27-30-21(7-8-26-24(20)30)18-4-1-5-19(16-18)28-25(32)35-12-3-9-29-10-14-37(33,34)15-11-29/h1-2,4-8,13,16-17H,3,9-12,14-15H2,(H,28,32). The molecule has 1 saturated heterocycles. The number of carbonyl (C=O) groups is 2. The predicted octanol–water partition coefficient (Wildman–Crippen LogP) is 3.36. The van der Waals surface area contributed by atoms with Crippen molar-refractivity contribution in [3.8, 4) is 11.3 Å². The quantitative estimate of drug-likeness (QED) is 0.267. The number of sulfone groups is 1. The molecule has 0 aliphatic carbocycles. The number of anilines is 1. The second kappa shape index (κ2) is 10.8. The molecule has 0 radical (unpaired) electrons. The number of rotatable bonds is 8. The van der Waals surface area contributed by atoms with Gasteiger partial charge in [0.25, 0.3) is 0 Å². The van der Waals surface area contributed by atoms with Crippen LogP contribution in [0.15, 0.2) is 60.2 Å².